The molecule has 0 atom stereocenters. The van der Waals surface area contributed by atoms with Crippen LogP contribution in [-0.4, -0.2) is 16.2 Å². The van der Waals surface area contributed by atoms with E-state index in [1.54, 1.807) is 18.0 Å². The van der Waals surface area contributed by atoms with Crippen molar-refractivity contribution < 1.29 is 4.52 Å². The summed E-state index contributed by atoms with van der Waals surface area (Å²) in [5.74, 6) is 0.763. The minimum absolute atomic E-state index is 0.227. The molecule has 0 radical (unpaired) electrons. The normalized spacial score (nSPS) is 15.2. The molecular weight excluding hydrogens is 348 g/mol. The van der Waals surface area contributed by atoms with Gasteiger partial charge in [-0.1, -0.05) is 18.0 Å². The number of hydrogen-bond donors (Lipinski definition) is 3. The molecule has 0 spiro atoms. The first-order chi connectivity index (χ1) is 12.5. The molecule has 3 aromatic rings. The highest BCUT2D eigenvalue weighted by Crippen LogP contribution is 2.35. The number of aryl methyl sites for hydroxylation is 2. The van der Waals surface area contributed by atoms with Crippen molar-refractivity contribution in [2.45, 2.75) is 50.5 Å². The molecule has 0 amide bonds. The SMILES string of the molecule is Cc1noc(C)c1-c1cc(SNC2CCCC2)c2cc(N)c(=O)[nH]c2c1. The molecule has 136 valence electrons. The van der Waals surface area contributed by atoms with E-state index in [0.717, 1.165) is 38.4 Å². The Morgan fingerprint density at radius 2 is 2.04 bits per heavy atom. The second-order valence-corrected chi connectivity index (χ2v) is 7.77. The molecule has 2 aromatic heterocycles. The van der Waals surface area contributed by atoms with E-state index in [4.69, 9.17) is 10.3 Å². The lowest BCUT2D eigenvalue weighted by Gasteiger charge is -2.14. The summed E-state index contributed by atoms with van der Waals surface area (Å²) in [5.41, 5.74) is 9.35. The van der Waals surface area contributed by atoms with E-state index in [1.807, 2.05) is 19.9 Å². The minimum atomic E-state index is -0.270. The maximum absolute atomic E-state index is 12.0. The maximum atomic E-state index is 12.0. The standard InChI is InChI=1S/C19H22N4O2S/c1-10-18(11(2)25-22-10)12-7-16-14(9-15(20)19(24)21-16)17(8-12)26-23-13-5-3-4-6-13/h7-9,13,23H,3-6,20H2,1-2H3,(H,21,24). The third kappa shape index (κ3) is 3.12. The Kier molecular flexibility index (Phi) is 4.50. The van der Waals surface area contributed by atoms with Gasteiger partial charge in [0.2, 0.25) is 0 Å². The van der Waals surface area contributed by atoms with Crippen molar-refractivity contribution in [3.8, 4) is 11.1 Å². The van der Waals surface area contributed by atoms with Gasteiger partial charge in [0.25, 0.3) is 5.56 Å². The highest BCUT2D eigenvalue weighted by molar-refractivity contribution is 7.97. The summed E-state index contributed by atoms with van der Waals surface area (Å²) in [6.45, 7) is 3.82. The quantitative estimate of drug-likeness (QED) is 0.602. The number of fused-ring (bicyclic) bond motifs is 1. The summed E-state index contributed by atoms with van der Waals surface area (Å²) in [6, 6.07) is 6.35. The summed E-state index contributed by atoms with van der Waals surface area (Å²) in [6.07, 6.45) is 4.96. The zero-order chi connectivity index (χ0) is 18.3. The summed E-state index contributed by atoms with van der Waals surface area (Å²) in [4.78, 5) is 15.9. The number of nitrogens with two attached hydrogens (primary N) is 1. The third-order valence-electron chi connectivity index (χ3n) is 4.97. The smallest absolute Gasteiger partial charge is 0.271 e. The minimum Gasteiger partial charge on any atom is -0.394 e. The van der Waals surface area contributed by atoms with Gasteiger partial charge in [0.15, 0.2) is 0 Å². The highest BCUT2D eigenvalue weighted by Gasteiger charge is 2.18. The van der Waals surface area contributed by atoms with E-state index < -0.39 is 0 Å². The topological polar surface area (TPSA) is 96.9 Å². The molecule has 6 nitrogen and oxygen atoms in total. The second kappa shape index (κ2) is 6.81. The summed E-state index contributed by atoms with van der Waals surface area (Å²) >= 11 is 1.61. The predicted molar refractivity (Wildman–Crippen MR) is 105 cm³/mol. The lowest BCUT2D eigenvalue weighted by Crippen LogP contribution is -2.18. The van der Waals surface area contributed by atoms with Crippen LogP contribution in [0.3, 0.4) is 0 Å². The molecule has 4 N–H and O–H groups in total. The zero-order valence-corrected chi connectivity index (χ0v) is 15.7. The van der Waals surface area contributed by atoms with Crippen molar-refractivity contribution in [3.05, 3.63) is 40.0 Å². The first-order valence-electron chi connectivity index (χ1n) is 8.85. The lowest BCUT2D eigenvalue weighted by atomic mass is 10.0. The molecule has 1 saturated carbocycles. The fraction of sp³-hybridized carbons (Fsp3) is 0.368. The monoisotopic (exact) mass is 370 g/mol. The molecule has 1 aliphatic rings. The van der Waals surface area contributed by atoms with Crippen LogP contribution in [0.15, 0.2) is 32.4 Å². The van der Waals surface area contributed by atoms with E-state index in [2.05, 4.69) is 20.9 Å². The number of hydrogen-bond acceptors (Lipinski definition) is 6. The number of H-pyrrole nitrogens is 1. The number of nitrogen functional groups attached to an aromatic ring is 1. The van der Waals surface area contributed by atoms with Gasteiger partial charge in [0.05, 0.1) is 16.9 Å². The number of anilines is 1. The number of aromatic amines is 1. The van der Waals surface area contributed by atoms with Crippen LogP contribution in [0.4, 0.5) is 5.69 Å². The van der Waals surface area contributed by atoms with E-state index in [9.17, 15) is 4.79 Å². The molecule has 26 heavy (non-hydrogen) atoms. The van der Waals surface area contributed by atoms with Crippen molar-refractivity contribution in [2.24, 2.45) is 0 Å². The molecular formula is C19H22N4O2S. The van der Waals surface area contributed by atoms with Gasteiger partial charge in [-0.05, 0) is 62.4 Å². The molecule has 0 bridgehead atoms. The van der Waals surface area contributed by atoms with Crippen molar-refractivity contribution in [3.63, 3.8) is 0 Å². The number of pyridine rings is 1. The van der Waals surface area contributed by atoms with Gasteiger partial charge in [-0.2, -0.15) is 0 Å². The van der Waals surface area contributed by atoms with Crippen LogP contribution in [-0.2, 0) is 0 Å². The van der Waals surface area contributed by atoms with Gasteiger partial charge >= 0.3 is 0 Å². The Balaban J connectivity index is 1.83. The number of nitrogens with zero attached hydrogens (tertiary/aromatic N) is 1. The molecule has 7 heteroatoms. The van der Waals surface area contributed by atoms with Gasteiger partial charge in [-0.3, -0.25) is 9.52 Å². The Morgan fingerprint density at radius 3 is 2.73 bits per heavy atom. The Hall–Kier alpha value is -2.25. The van der Waals surface area contributed by atoms with Crippen LogP contribution >= 0.6 is 11.9 Å². The number of nitrogens with one attached hydrogen (secondary N) is 2. The summed E-state index contributed by atoms with van der Waals surface area (Å²) in [7, 11) is 0. The van der Waals surface area contributed by atoms with Crippen molar-refractivity contribution in [1.82, 2.24) is 14.9 Å². The van der Waals surface area contributed by atoms with Gasteiger partial charge in [-0.25, -0.2) is 0 Å². The Morgan fingerprint density at radius 1 is 1.27 bits per heavy atom. The molecule has 1 aliphatic carbocycles. The van der Waals surface area contributed by atoms with E-state index >= 15 is 0 Å². The number of aromatic nitrogens is 2. The highest BCUT2D eigenvalue weighted by atomic mass is 32.2. The van der Waals surface area contributed by atoms with E-state index in [1.165, 1.54) is 25.7 Å². The Labute approximate surface area is 155 Å². The molecule has 2 heterocycles. The Bertz CT molecular complexity index is 999. The molecule has 1 aromatic carbocycles. The largest absolute Gasteiger partial charge is 0.394 e. The van der Waals surface area contributed by atoms with Gasteiger partial charge < -0.3 is 15.2 Å². The average molecular weight is 370 g/mol. The molecule has 0 saturated heterocycles. The number of benzene rings is 1. The number of rotatable bonds is 4. The molecule has 0 aliphatic heterocycles. The van der Waals surface area contributed by atoms with Crippen LogP contribution < -0.4 is 16.0 Å². The average Bonchev–Trinajstić information content (AvgIpc) is 3.24. The van der Waals surface area contributed by atoms with Crippen LogP contribution in [0, 0.1) is 13.8 Å². The van der Waals surface area contributed by atoms with Crippen LogP contribution in [0.2, 0.25) is 0 Å². The molecule has 1 fully saturated rings. The predicted octanol–water partition coefficient (Wildman–Crippen LogP) is 3.92. The van der Waals surface area contributed by atoms with Crippen molar-refractivity contribution >= 4 is 28.5 Å². The first kappa shape index (κ1) is 17.2. The van der Waals surface area contributed by atoms with E-state index in [-0.39, 0.29) is 11.2 Å². The van der Waals surface area contributed by atoms with Crippen LogP contribution in [0.25, 0.3) is 22.0 Å². The second-order valence-electron chi connectivity index (χ2n) is 6.89. The van der Waals surface area contributed by atoms with Gasteiger partial charge in [0.1, 0.15) is 5.76 Å². The molecule has 4 rings (SSSR count). The zero-order valence-electron chi connectivity index (χ0n) is 14.9. The summed E-state index contributed by atoms with van der Waals surface area (Å²) < 4.78 is 8.89. The lowest BCUT2D eigenvalue weighted by molar-refractivity contribution is 0.393. The van der Waals surface area contributed by atoms with Crippen LogP contribution in [0.1, 0.15) is 37.1 Å². The van der Waals surface area contributed by atoms with E-state index in [0.29, 0.717) is 6.04 Å². The molecule has 0 unspecified atom stereocenters. The van der Waals surface area contributed by atoms with Crippen molar-refractivity contribution in [1.29, 1.82) is 0 Å². The van der Waals surface area contributed by atoms with Crippen LogP contribution in [0.5, 0.6) is 0 Å². The first-order valence-corrected chi connectivity index (χ1v) is 9.67. The van der Waals surface area contributed by atoms with Gasteiger partial charge in [-0.15, -0.1) is 0 Å². The van der Waals surface area contributed by atoms with Gasteiger partial charge in [0, 0.05) is 21.9 Å². The third-order valence-corrected chi connectivity index (χ3v) is 5.97. The van der Waals surface area contributed by atoms with Crippen molar-refractivity contribution in [2.75, 3.05) is 5.73 Å². The maximum Gasteiger partial charge on any atom is 0.271 e. The fourth-order valence-electron chi connectivity index (χ4n) is 3.61. The summed E-state index contributed by atoms with van der Waals surface area (Å²) in [5, 5.41) is 4.99. The fourth-order valence-corrected chi connectivity index (χ4v) is 4.60.